The largest absolute Gasteiger partial charge is 0.458 e. The van der Waals surface area contributed by atoms with Gasteiger partial charge in [-0.05, 0) is 91.0 Å². The molecule has 6 nitrogen and oxygen atoms in total. The van der Waals surface area contributed by atoms with E-state index < -0.39 is 0 Å². The predicted octanol–water partition coefficient (Wildman–Crippen LogP) is 9.05. The Kier molecular flexibility index (Phi) is 10.2. The minimum atomic E-state index is -0.266. The average Bonchev–Trinajstić information content (AvgIpc) is 3.01. The first-order valence-corrected chi connectivity index (χ1v) is 16.5. The Hall–Kier alpha value is -3.54. The van der Waals surface area contributed by atoms with Gasteiger partial charge in [0.2, 0.25) is 0 Å². The Labute approximate surface area is 263 Å². The summed E-state index contributed by atoms with van der Waals surface area (Å²) in [5.74, 6) is 3.02. The van der Waals surface area contributed by atoms with Crippen LogP contribution in [0.2, 0.25) is 0 Å². The number of carbonyl (C=O) groups is 2. The molecule has 1 aromatic heterocycles. The number of ether oxygens (including phenoxy) is 2. The molecule has 0 N–H and O–H groups in total. The van der Waals surface area contributed by atoms with E-state index >= 15 is 0 Å². The van der Waals surface area contributed by atoms with Gasteiger partial charge in [0, 0.05) is 23.5 Å². The van der Waals surface area contributed by atoms with Crippen molar-refractivity contribution in [3.05, 3.63) is 72.1 Å². The molecule has 0 radical (unpaired) electrons. The van der Waals surface area contributed by atoms with Gasteiger partial charge in [0.1, 0.15) is 12.2 Å². The fraction of sp³-hybridized carbons (Fsp3) is 0.526. The van der Waals surface area contributed by atoms with Crippen LogP contribution in [0.4, 0.5) is 0 Å². The number of nitrogens with zero attached hydrogens (tertiary/aromatic N) is 2. The highest BCUT2D eigenvalue weighted by molar-refractivity contribution is 5.90. The van der Waals surface area contributed by atoms with Gasteiger partial charge in [0.15, 0.2) is 5.82 Å². The van der Waals surface area contributed by atoms with Crippen LogP contribution in [0.15, 0.2) is 60.9 Å². The van der Waals surface area contributed by atoms with Gasteiger partial charge in [0.25, 0.3) is 0 Å². The van der Waals surface area contributed by atoms with Crippen LogP contribution in [-0.2, 0) is 9.47 Å². The van der Waals surface area contributed by atoms with E-state index in [-0.39, 0.29) is 24.1 Å². The Morgan fingerprint density at radius 1 is 0.614 bits per heavy atom. The van der Waals surface area contributed by atoms with E-state index in [4.69, 9.17) is 9.47 Å². The third-order valence-electron chi connectivity index (χ3n) is 9.92. The molecule has 4 unspecified atom stereocenters. The van der Waals surface area contributed by atoms with E-state index in [1.54, 1.807) is 24.5 Å². The van der Waals surface area contributed by atoms with Crippen molar-refractivity contribution >= 4 is 11.9 Å². The lowest BCUT2D eigenvalue weighted by Gasteiger charge is -2.36. The monoisotopic (exact) mass is 596 g/mol. The highest BCUT2D eigenvalue weighted by atomic mass is 16.5. The van der Waals surface area contributed by atoms with Crippen molar-refractivity contribution in [1.82, 2.24) is 9.97 Å². The normalized spacial score (nSPS) is 25.5. The minimum absolute atomic E-state index is 0.0236. The number of esters is 2. The summed E-state index contributed by atoms with van der Waals surface area (Å²) in [6, 6.07) is 14.8. The molecule has 2 fully saturated rings. The van der Waals surface area contributed by atoms with Crippen molar-refractivity contribution in [1.29, 1.82) is 0 Å². The molecule has 44 heavy (non-hydrogen) atoms. The van der Waals surface area contributed by atoms with E-state index in [1.807, 2.05) is 36.4 Å². The van der Waals surface area contributed by atoms with Gasteiger partial charge in [-0.25, -0.2) is 19.6 Å². The van der Waals surface area contributed by atoms with Crippen LogP contribution < -0.4 is 0 Å². The van der Waals surface area contributed by atoms with E-state index in [9.17, 15) is 9.59 Å². The van der Waals surface area contributed by atoms with Gasteiger partial charge in [-0.2, -0.15) is 0 Å². The molecule has 0 saturated heterocycles. The lowest BCUT2D eigenvalue weighted by molar-refractivity contribution is -0.0181. The SMILES string of the molecule is CC(C)C1CC[C@@H](C)CC1OC(=O)c1ccc(-c2cnc(-c3ccc(C(=O)OC4C[C@H](C)CCC4C(C)C)cc3)nc2)cc1. The van der Waals surface area contributed by atoms with Crippen LogP contribution in [0.1, 0.15) is 101 Å². The Morgan fingerprint density at radius 2 is 1.02 bits per heavy atom. The van der Waals surface area contributed by atoms with Gasteiger partial charge in [-0.15, -0.1) is 0 Å². The lowest BCUT2D eigenvalue weighted by Crippen LogP contribution is -2.35. The summed E-state index contributed by atoms with van der Waals surface area (Å²) in [6.07, 6.45) is 9.99. The molecular weight excluding hydrogens is 548 g/mol. The number of carbonyl (C=O) groups excluding carboxylic acids is 2. The maximum atomic E-state index is 13.0. The van der Waals surface area contributed by atoms with Crippen molar-refractivity contribution in [2.45, 2.75) is 92.3 Å². The molecule has 0 aliphatic heterocycles. The van der Waals surface area contributed by atoms with E-state index in [2.05, 4.69) is 51.5 Å². The summed E-state index contributed by atoms with van der Waals surface area (Å²) in [5.41, 5.74) is 3.71. The Bertz CT molecular complexity index is 1290. The molecule has 0 amide bonds. The molecule has 1 heterocycles. The first-order chi connectivity index (χ1) is 21.1. The average molecular weight is 597 g/mol. The fourth-order valence-electron chi connectivity index (χ4n) is 7.09. The van der Waals surface area contributed by atoms with Crippen molar-refractivity contribution in [2.24, 2.45) is 35.5 Å². The van der Waals surface area contributed by atoms with Crippen LogP contribution in [0.5, 0.6) is 0 Å². The second kappa shape index (κ2) is 14.0. The van der Waals surface area contributed by atoms with Crippen molar-refractivity contribution < 1.29 is 19.1 Å². The second-order valence-electron chi connectivity index (χ2n) is 14.0. The van der Waals surface area contributed by atoms with Gasteiger partial charge < -0.3 is 9.47 Å². The van der Waals surface area contributed by atoms with Crippen molar-refractivity contribution in [3.8, 4) is 22.5 Å². The molecule has 2 aliphatic rings. The zero-order chi connectivity index (χ0) is 31.4. The van der Waals surface area contributed by atoms with Gasteiger partial charge >= 0.3 is 11.9 Å². The molecule has 5 rings (SSSR count). The predicted molar refractivity (Wildman–Crippen MR) is 174 cm³/mol. The highest BCUT2D eigenvalue weighted by Gasteiger charge is 2.34. The first kappa shape index (κ1) is 31.9. The number of rotatable bonds is 8. The van der Waals surface area contributed by atoms with Crippen molar-refractivity contribution in [2.75, 3.05) is 0 Å². The van der Waals surface area contributed by atoms with Gasteiger partial charge in [0.05, 0.1) is 11.1 Å². The number of hydrogen-bond acceptors (Lipinski definition) is 6. The van der Waals surface area contributed by atoms with Gasteiger partial charge in [-0.3, -0.25) is 0 Å². The summed E-state index contributed by atoms with van der Waals surface area (Å²) in [5, 5.41) is 0. The summed E-state index contributed by atoms with van der Waals surface area (Å²) in [6.45, 7) is 13.3. The summed E-state index contributed by atoms with van der Waals surface area (Å²) < 4.78 is 12.0. The standard InChI is InChI=1S/C38H48N2O4/c1-23(2)32-17-7-25(5)19-34(32)43-37(41)29-13-9-27(10-14-29)31-21-39-36(40-22-31)28-11-15-30(16-12-28)38(42)44-35-20-26(6)8-18-33(35)24(3)4/h9-16,21-26,32-35H,7-8,17-20H2,1-6H3/t25-,26-,32?,33?,34?,35?/m1/s1. The molecule has 6 atom stereocenters. The second-order valence-corrected chi connectivity index (χ2v) is 14.0. The summed E-state index contributed by atoms with van der Waals surface area (Å²) in [4.78, 5) is 35.1. The maximum Gasteiger partial charge on any atom is 0.338 e. The third kappa shape index (κ3) is 7.57. The quantitative estimate of drug-likeness (QED) is 0.241. The topological polar surface area (TPSA) is 78.4 Å². The summed E-state index contributed by atoms with van der Waals surface area (Å²) in [7, 11) is 0. The first-order valence-electron chi connectivity index (χ1n) is 16.5. The zero-order valence-electron chi connectivity index (χ0n) is 27.2. The lowest BCUT2D eigenvalue weighted by atomic mass is 9.75. The molecule has 6 heteroatoms. The Balaban J connectivity index is 1.20. The van der Waals surface area contributed by atoms with E-state index in [0.717, 1.165) is 42.4 Å². The number of benzene rings is 2. The van der Waals surface area contributed by atoms with Crippen molar-refractivity contribution in [3.63, 3.8) is 0 Å². The molecule has 3 aromatic rings. The molecular formula is C38H48N2O4. The van der Waals surface area contributed by atoms with Gasteiger partial charge in [-0.1, -0.05) is 78.6 Å². The molecule has 2 aromatic carbocycles. The maximum absolute atomic E-state index is 13.0. The molecule has 2 saturated carbocycles. The van der Waals surface area contributed by atoms with Crippen LogP contribution in [-0.4, -0.2) is 34.1 Å². The van der Waals surface area contributed by atoms with Crippen LogP contribution in [0, 0.1) is 35.5 Å². The zero-order valence-corrected chi connectivity index (χ0v) is 27.2. The highest BCUT2D eigenvalue weighted by Crippen LogP contribution is 2.37. The summed E-state index contributed by atoms with van der Waals surface area (Å²) >= 11 is 0. The van der Waals surface area contributed by atoms with Crippen LogP contribution >= 0.6 is 0 Å². The van der Waals surface area contributed by atoms with Crippen LogP contribution in [0.3, 0.4) is 0 Å². The Morgan fingerprint density at radius 3 is 1.43 bits per heavy atom. The molecule has 0 spiro atoms. The number of aromatic nitrogens is 2. The minimum Gasteiger partial charge on any atom is -0.458 e. The van der Waals surface area contributed by atoms with Crippen LogP contribution in [0.25, 0.3) is 22.5 Å². The fourth-order valence-corrected chi connectivity index (χ4v) is 7.09. The smallest absolute Gasteiger partial charge is 0.338 e. The van der Waals surface area contributed by atoms with E-state index in [0.29, 0.717) is 52.5 Å². The molecule has 0 bridgehead atoms. The molecule has 2 aliphatic carbocycles. The number of hydrogen-bond donors (Lipinski definition) is 0. The van der Waals surface area contributed by atoms with E-state index in [1.165, 1.54) is 12.8 Å². The third-order valence-corrected chi connectivity index (χ3v) is 9.92. The molecule has 234 valence electrons.